The predicted molar refractivity (Wildman–Crippen MR) is 85.2 cm³/mol. The molecule has 3 heterocycles. The van der Waals surface area contributed by atoms with Crippen molar-refractivity contribution in [3.8, 4) is 0 Å². The Labute approximate surface area is 143 Å². The van der Waals surface area contributed by atoms with Crippen molar-refractivity contribution in [2.75, 3.05) is 5.75 Å². The smallest absolute Gasteiger partial charge is 0.248 e. The number of β-lactam (4-membered cyclic amide) rings is 1. The number of thioether (sulfide) groups is 1. The fourth-order valence-corrected chi connectivity index (χ4v) is 3.73. The van der Waals surface area contributed by atoms with Crippen LogP contribution >= 0.6 is 35.7 Å². The van der Waals surface area contributed by atoms with Crippen LogP contribution in [0.2, 0.25) is 0 Å². The molecule has 0 aliphatic carbocycles. The number of nitrogens with zero attached hydrogens (tertiary/aromatic N) is 2. The van der Waals surface area contributed by atoms with E-state index in [2.05, 4.69) is 0 Å². The van der Waals surface area contributed by atoms with Crippen LogP contribution < -0.4 is 15.4 Å². The van der Waals surface area contributed by atoms with Crippen molar-refractivity contribution in [2.24, 2.45) is 5.73 Å². The lowest BCUT2D eigenvalue weighted by atomic mass is 10.0. The number of carbonyl (C=O) groups excluding carboxylic acids is 2. The second kappa shape index (κ2) is 6.32. The molecule has 1 aromatic rings. The minimum absolute atomic E-state index is 0. The van der Waals surface area contributed by atoms with Gasteiger partial charge in [-0.25, -0.2) is 4.57 Å². The van der Waals surface area contributed by atoms with Gasteiger partial charge in [0.05, 0.1) is 11.7 Å². The number of aromatic nitrogens is 1. The summed E-state index contributed by atoms with van der Waals surface area (Å²) in [7, 11) is 0. The molecule has 2 atom stereocenters. The molecule has 112 valence electrons. The first-order chi connectivity index (χ1) is 9.59. The number of carboxylic acid groups (broad SMARTS) is 1. The van der Waals surface area contributed by atoms with E-state index in [1.807, 2.05) is 35.2 Å². The van der Waals surface area contributed by atoms with Gasteiger partial charge in [0.2, 0.25) is 5.91 Å². The summed E-state index contributed by atoms with van der Waals surface area (Å²) in [5.41, 5.74) is 6.34. The maximum absolute atomic E-state index is 11.8. The Morgan fingerprint density at radius 1 is 1.43 bits per heavy atom. The SMILES string of the molecule is I.N[C@@H]1C(=O)N2C(C(=O)[O-])=C(C[n+]3ccccc3)CS[C@H]12. The van der Waals surface area contributed by atoms with Gasteiger partial charge in [-0.05, 0) is 0 Å². The number of hydrogen-bond acceptors (Lipinski definition) is 5. The molecule has 0 radical (unpaired) electrons. The molecule has 6 nitrogen and oxygen atoms in total. The number of hydrogen-bond donors (Lipinski definition) is 1. The van der Waals surface area contributed by atoms with Gasteiger partial charge in [0.15, 0.2) is 18.9 Å². The fraction of sp³-hybridized carbons (Fsp3) is 0.308. The topological polar surface area (TPSA) is 90.3 Å². The Hall–Kier alpha value is -1.13. The summed E-state index contributed by atoms with van der Waals surface area (Å²) < 4.78 is 1.86. The Balaban J connectivity index is 0.00000161. The van der Waals surface area contributed by atoms with Crippen molar-refractivity contribution in [1.29, 1.82) is 0 Å². The molecule has 2 aliphatic rings. The third kappa shape index (κ3) is 2.79. The maximum atomic E-state index is 11.8. The largest absolute Gasteiger partial charge is 0.543 e. The highest BCUT2D eigenvalue weighted by atomic mass is 127. The number of amides is 1. The highest BCUT2D eigenvalue weighted by Crippen LogP contribution is 2.39. The fourth-order valence-electron chi connectivity index (χ4n) is 2.45. The van der Waals surface area contributed by atoms with Gasteiger partial charge in [-0.3, -0.25) is 9.69 Å². The van der Waals surface area contributed by atoms with Crippen LogP contribution in [-0.4, -0.2) is 33.9 Å². The van der Waals surface area contributed by atoms with E-state index < -0.39 is 12.0 Å². The van der Waals surface area contributed by atoms with Gasteiger partial charge in [-0.1, -0.05) is 6.07 Å². The van der Waals surface area contributed by atoms with Crippen molar-refractivity contribution < 1.29 is 19.3 Å². The molecule has 1 saturated heterocycles. The van der Waals surface area contributed by atoms with Crippen LogP contribution in [0.25, 0.3) is 0 Å². The van der Waals surface area contributed by atoms with E-state index in [1.165, 1.54) is 16.7 Å². The van der Waals surface area contributed by atoms with E-state index >= 15 is 0 Å². The number of halogens is 1. The van der Waals surface area contributed by atoms with E-state index in [9.17, 15) is 14.7 Å². The van der Waals surface area contributed by atoms with Crippen LogP contribution in [0.5, 0.6) is 0 Å². The van der Waals surface area contributed by atoms with Gasteiger partial charge in [0, 0.05) is 23.5 Å². The maximum Gasteiger partial charge on any atom is 0.248 e. The van der Waals surface area contributed by atoms with E-state index in [0.717, 1.165) is 0 Å². The first-order valence-corrected chi connectivity index (χ1v) is 7.22. The van der Waals surface area contributed by atoms with E-state index in [1.54, 1.807) is 0 Å². The van der Waals surface area contributed by atoms with E-state index in [-0.39, 0.29) is 41.0 Å². The Bertz CT molecular complexity index is 608. The van der Waals surface area contributed by atoms with Crippen LogP contribution in [0.4, 0.5) is 0 Å². The zero-order chi connectivity index (χ0) is 14.3. The summed E-state index contributed by atoms with van der Waals surface area (Å²) >= 11 is 1.49. The third-order valence-electron chi connectivity index (χ3n) is 3.43. The Morgan fingerprint density at radius 2 is 2.10 bits per heavy atom. The summed E-state index contributed by atoms with van der Waals surface area (Å²) in [5.74, 6) is -1.13. The number of aliphatic carboxylic acids is 1. The van der Waals surface area contributed by atoms with Crippen LogP contribution in [0.3, 0.4) is 0 Å². The first-order valence-electron chi connectivity index (χ1n) is 6.17. The standard InChI is InChI=1S/C13H13N3O3S.HI/c14-9-11(17)16-10(13(18)19)8(7-20-12(9)16)6-15-4-2-1-3-5-15;/h1-5,9,12H,6-7,14H2;1H/t9-,12-;/m1./s1. The average molecular weight is 419 g/mol. The quantitative estimate of drug-likeness (QED) is 0.379. The number of carboxylic acids is 1. The highest BCUT2D eigenvalue weighted by Gasteiger charge is 2.50. The molecular weight excluding hydrogens is 405 g/mol. The van der Waals surface area contributed by atoms with Crippen molar-refractivity contribution in [3.05, 3.63) is 41.9 Å². The minimum Gasteiger partial charge on any atom is -0.543 e. The monoisotopic (exact) mass is 419 g/mol. The highest BCUT2D eigenvalue weighted by molar-refractivity contribution is 14.0. The third-order valence-corrected chi connectivity index (χ3v) is 4.79. The zero-order valence-corrected chi connectivity index (χ0v) is 14.1. The van der Waals surface area contributed by atoms with Gasteiger partial charge >= 0.3 is 0 Å². The van der Waals surface area contributed by atoms with Crippen molar-refractivity contribution in [3.63, 3.8) is 0 Å². The van der Waals surface area contributed by atoms with Crippen molar-refractivity contribution in [2.45, 2.75) is 18.0 Å². The van der Waals surface area contributed by atoms with Gasteiger partial charge in [0.25, 0.3) is 0 Å². The van der Waals surface area contributed by atoms with E-state index in [0.29, 0.717) is 17.9 Å². The molecule has 0 unspecified atom stereocenters. The molecule has 1 fully saturated rings. The van der Waals surface area contributed by atoms with Crippen LogP contribution in [-0.2, 0) is 16.1 Å². The van der Waals surface area contributed by atoms with Crippen molar-refractivity contribution in [1.82, 2.24) is 4.90 Å². The normalized spacial score (nSPS) is 24.0. The molecule has 2 N–H and O–H groups in total. The van der Waals surface area contributed by atoms with Crippen LogP contribution in [0, 0.1) is 0 Å². The Morgan fingerprint density at radius 3 is 2.71 bits per heavy atom. The first kappa shape index (κ1) is 16.2. The predicted octanol–water partition coefficient (Wildman–Crippen LogP) is -1.16. The molecule has 0 spiro atoms. The van der Waals surface area contributed by atoms with Crippen LogP contribution in [0.1, 0.15) is 0 Å². The second-order valence-corrected chi connectivity index (χ2v) is 5.83. The van der Waals surface area contributed by atoms with E-state index in [4.69, 9.17) is 5.73 Å². The lowest BCUT2D eigenvalue weighted by Gasteiger charge is -2.49. The molecule has 1 aromatic heterocycles. The lowest BCUT2D eigenvalue weighted by molar-refractivity contribution is -0.689. The summed E-state index contributed by atoms with van der Waals surface area (Å²) in [5, 5.41) is 11.1. The minimum atomic E-state index is -1.32. The molecule has 0 saturated carbocycles. The number of rotatable bonds is 3. The molecular formula is C13H14IN3O3S. The van der Waals surface area contributed by atoms with Gasteiger partial charge in [-0.15, -0.1) is 35.7 Å². The molecule has 8 heteroatoms. The average Bonchev–Trinajstić information content (AvgIpc) is 2.46. The van der Waals surface area contributed by atoms with Crippen molar-refractivity contribution >= 4 is 47.6 Å². The van der Waals surface area contributed by atoms with Gasteiger partial charge in [-0.2, -0.15) is 0 Å². The summed E-state index contributed by atoms with van der Waals surface area (Å²) in [6.45, 7) is 0.420. The molecule has 0 bridgehead atoms. The molecule has 0 aromatic carbocycles. The molecule has 2 aliphatic heterocycles. The summed E-state index contributed by atoms with van der Waals surface area (Å²) in [6.07, 6.45) is 3.70. The second-order valence-electron chi connectivity index (χ2n) is 4.72. The van der Waals surface area contributed by atoms with Gasteiger partial charge in [0.1, 0.15) is 11.4 Å². The van der Waals surface area contributed by atoms with Crippen LogP contribution in [0.15, 0.2) is 41.9 Å². The molecule has 21 heavy (non-hydrogen) atoms. The number of nitrogens with two attached hydrogens (primary N) is 1. The number of fused-ring (bicyclic) bond motifs is 1. The number of carbonyl (C=O) groups is 2. The summed E-state index contributed by atoms with van der Waals surface area (Å²) in [6, 6.07) is 5.00. The zero-order valence-electron chi connectivity index (χ0n) is 11.0. The summed E-state index contributed by atoms with van der Waals surface area (Å²) in [4.78, 5) is 24.4. The number of pyridine rings is 1. The lowest BCUT2D eigenvalue weighted by Crippen LogP contribution is -2.69. The Kier molecular flexibility index (Phi) is 4.89. The molecule has 1 amide bonds. The molecule has 3 rings (SSSR count). The van der Waals surface area contributed by atoms with Gasteiger partial charge < -0.3 is 15.6 Å².